The summed E-state index contributed by atoms with van der Waals surface area (Å²) in [7, 11) is 0. The standard InChI is InChI=1S/C13H21ClN2OS/c1-3-16-10(13(14)9(2)15-16)8-11(17)12-6-4-5-7-18-12/h11-12,17H,3-8H2,1-2H3. The van der Waals surface area contributed by atoms with Gasteiger partial charge in [-0.15, -0.1) is 0 Å². The minimum Gasteiger partial charge on any atom is -0.392 e. The topological polar surface area (TPSA) is 38.0 Å². The van der Waals surface area contributed by atoms with Gasteiger partial charge in [0.15, 0.2) is 0 Å². The van der Waals surface area contributed by atoms with Gasteiger partial charge in [-0.05, 0) is 32.4 Å². The first-order chi connectivity index (χ1) is 8.63. The van der Waals surface area contributed by atoms with E-state index in [4.69, 9.17) is 11.6 Å². The van der Waals surface area contributed by atoms with E-state index >= 15 is 0 Å². The third-order valence-corrected chi connectivity index (χ3v) is 5.49. The lowest BCUT2D eigenvalue weighted by molar-refractivity contribution is 0.163. The van der Waals surface area contributed by atoms with Crippen molar-refractivity contribution in [3.63, 3.8) is 0 Å². The fraction of sp³-hybridized carbons (Fsp3) is 0.769. The van der Waals surface area contributed by atoms with Gasteiger partial charge in [0.2, 0.25) is 0 Å². The molecule has 0 bridgehead atoms. The van der Waals surface area contributed by atoms with E-state index in [9.17, 15) is 5.11 Å². The number of aliphatic hydroxyl groups is 1. The highest BCUT2D eigenvalue weighted by Gasteiger charge is 2.25. The summed E-state index contributed by atoms with van der Waals surface area (Å²) in [5.41, 5.74) is 1.84. The van der Waals surface area contributed by atoms with Gasteiger partial charge in [0.1, 0.15) is 0 Å². The summed E-state index contributed by atoms with van der Waals surface area (Å²) in [6, 6.07) is 0. The van der Waals surface area contributed by atoms with E-state index in [2.05, 4.69) is 5.10 Å². The van der Waals surface area contributed by atoms with Gasteiger partial charge in [0.25, 0.3) is 0 Å². The van der Waals surface area contributed by atoms with Crippen LogP contribution in [0.2, 0.25) is 5.02 Å². The van der Waals surface area contributed by atoms with Crippen LogP contribution < -0.4 is 0 Å². The number of aromatic nitrogens is 2. The molecule has 18 heavy (non-hydrogen) atoms. The van der Waals surface area contributed by atoms with Crippen molar-refractivity contribution in [1.29, 1.82) is 0 Å². The van der Waals surface area contributed by atoms with Gasteiger partial charge < -0.3 is 5.11 Å². The van der Waals surface area contributed by atoms with Gasteiger partial charge in [-0.2, -0.15) is 16.9 Å². The Morgan fingerprint density at radius 1 is 1.56 bits per heavy atom. The lowest BCUT2D eigenvalue weighted by atomic mass is 10.0. The molecule has 0 spiro atoms. The normalized spacial score (nSPS) is 22.1. The second-order valence-corrected chi connectivity index (χ2v) is 6.56. The Bertz CT molecular complexity index is 402. The monoisotopic (exact) mass is 288 g/mol. The summed E-state index contributed by atoms with van der Waals surface area (Å²) in [4.78, 5) is 0. The van der Waals surface area contributed by atoms with Crippen molar-refractivity contribution in [3.8, 4) is 0 Å². The molecule has 2 heterocycles. The highest BCUT2D eigenvalue weighted by molar-refractivity contribution is 8.00. The summed E-state index contributed by atoms with van der Waals surface area (Å²) in [5.74, 6) is 1.17. The van der Waals surface area contributed by atoms with Crippen molar-refractivity contribution in [2.45, 2.75) is 57.4 Å². The number of nitrogens with zero attached hydrogens (tertiary/aromatic N) is 2. The van der Waals surface area contributed by atoms with Gasteiger partial charge in [-0.25, -0.2) is 0 Å². The van der Waals surface area contributed by atoms with E-state index in [-0.39, 0.29) is 6.10 Å². The molecule has 2 atom stereocenters. The highest BCUT2D eigenvalue weighted by Crippen LogP contribution is 2.30. The smallest absolute Gasteiger partial charge is 0.0848 e. The van der Waals surface area contributed by atoms with Crippen LogP contribution in [0.4, 0.5) is 0 Å². The summed E-state index contributed by atoms with van der Waals surface area (Å²) in [6.07, 6.45) is 3.93. The van der Waals surface area contributed by atoms with Crippen molar-refractivity contribution in [3.05, 3.63) is 16.4 Å². The molecule has 1 aromatic heterocycles. The predicted octanol–water partition coefficient (Wildman–Crippen LogP) is 3.05. The van der Waals surface area contributed by atoms with Crippen molar-refractivity contribution in [2.24, 2.45) is 0 Å². The first-order valence-corrected chi connectivity index (χ1v) is 8.07. The maximum atomic E-state index is 10.4. The zero-order valence-corrected chi connectivity index (χ0v) is 12.6. The number of hydrogen-bond donors (Lipinski definition) is 1. The van der Waals surface area contributed by atoms with E-state index in [0.29, 0.717) is 11.7 Å². The molecule has 102 valence electrons. The van der Waals surface area contributed by atoms with E-state index in [0.717, 1.165) is 29.4 Å². The molecule has 0 amide bonds. The Morgan fingerprint density at radius 3 is 2.94 bits per heavy atom. The van der Waals surface area contributed by atoms with Crippen molar-refractivity contribution in [2.75, 3.05) is 5.75 Å². The predicted molar refractivity (Wildman–Crippen MR) is 77.5 cm³/mol. The number of thioether (sulfide) groups is 1. The van der Waals surface area contributed by atoms with Gasteiger partial charge in [-0.1, -0.05) is 18.0 Å². The number of rotatable bonds is 4. The van der Waals surface area contributed by atoms with E-state index in [1.54, 1.807) is 0 Å². The highest BCUT2D eigenvalue weighted by atomic mass is 35.5. The van der Waals surface area contributed by atoms with Gasteiger partial charge in [-0.3, -0.25) is 4.68 Å². The fourth-order valence-electron chi connectivity index (χ4n) is 2.46. The van der Waals surface area contributed by atoms with Gasteiger partial charge >= 0.3 is 0 Å². The average Bonchev–Trinajstić information content (AvgIpc) is 2.67. The average molecular weight is 289 g/mol. The third-order valence-electron chi connectivity index (χ3n) is 3.50. The van der Waals surface area contributed by atoms with Crippen molar-refractivity contribution >= 4 is 23.4 Å². The molecule has 0 aromatic carbocycles. The van der Waals surface area contributed by atoms with Crippen LogP contribution in [0.15, 0.2) is 0 Å². The zero-order valence-electron chi connectivity index (χ0n) is 11.0. The van der Waals surface area contributed by atoms with Crippen LogP contribution in [-0.2, 0) is 13.0 Å². The van der Waals surface area contributed by atoms with Crippen LogP contribution in [0.1, 0.15) is 37.6 Å². The molecule has 1 saturated heterocycles. The molecule has 3 nitrogen and oxygen atoms in total. The van der Waals surface area contributed by atoms with Crippen LogP contribution in [-0.4, -0.2) is 32.0 Å². The van der Waals surface area contributed by atoms with Crippen LogP contribution >= 0.6 is 23.4 Å². The fourth-order valence-corrected chi connectivity index (χ4v) is 4.00. The molecule has 1 N–H and O–H groups in total. The minimum atomic E-state index is -0.311. The molecule has 1 fully saturated rings. The Morgan fingerprint density at radius 2 is 2.33 bits per heavy atom. The minimum absolute atomic E-state index is 0.311. The van der Waals surface area contributed by atoms with Gasteiger partial charge in [0, 0.05) is 18.2 Å². The molecule has 0 radical (unpaired) electrons. The Hall–Kier alpha value is -0.190. The first-order valence-electron chi connectivity index (χ1n) is 6.65. The molecular formula is C13H21ClN2OS. The molecule has 1 aromatic rings. The molecule has 2 unspecified atom stereocenters. The lowest BCUT2D eigenvalue weighted by Gasteiger charge is -2.26. The second kappa shape index (κ2) is 6.31. The van der Waals surface area contributed by atoms with E-state index in [1.165, 1.54) is 18.6 Å². The van der Waals surface area contributed by atoms with Crippen LogP contribution in [0.5, 0.6) is 0 Å². The number of aliphatic hydroxyl groups excluding tert-OH is 1. The summed E-state index contributed by atoms with van der Waals surface area (Å²) in [5, 5.41) is 15.8. The number of hydrogen-bond acceptors (Lipinski definition) is 3. The maximum Gasteiger partial charge on any atom is 0.0848 e. The maximum absolute atomic E-state index is 10.4. The molecular weight excluding hydrogens is 268 g/mol. The molecule has 1 aliphatic rings. The lowest BCUT2D eigenvalue weighted by Crippen LogP contribution is -2.29. The van der Waals surface area contributed by atoms with E-state index in [1.807, 2.05) is 30.3 Å². The third kappa shape index (κ3) is 3.03. The Kier molecular flexibility index (Phi) is 4.98. The Labute approximate surface area is 118 Å². The van der Waals surface area contributed by atoms with Crippen LogP contribution in [0.3, 0.4) is 0 Å². The molecule has 0 aliphatic carbocycles. The van der Waals surface area contributed by atoms with Crippen LogP contribution in [0.25, 0.3) is 0 Å². The summed E-state index contributed by atoms with van der Waals surface area (Å²) >= 11 is 8.17. The molecule has 0 saturated carbocycles. The van der Waals surface area contributed by atoms with Crippen LogP contribution in [0, 0.1) is 6.92 Å². The zero-order chi connectivity index (χ0) is 13.1. The largest absolute Gasteiger partial charge is 0.392 e. The van der Waals surface area contributed by atoms with Crippen molar-refractivity contribution in [1.82, 2.24) is 9.78 Å². The van der Waals surface area contributed by atoms with Crippen molar-refractivity contribution < 1.29 is 5.11 Å². The number of aryl methyl sites for hydroxylation is 2. The molecule has 2 rings (SSSR count). The Balaban J connectivity index is 2.08. The second-order valence-electron chi connectivity index (χ2n) is 4.84. The number of halogens is 1. The van der Waals surface area contributed by atoms with E-state index < -0.39 is 0 Å². The first kappa shape index (κ1) is 14.2. The quantitative estimate of drug-likeness (QED) is 0.925. The summed E-state index contributed by atoms with van der Waals surface area (Å²) < 4.78 is 1.91. The molecule has 1 aliphatic heterocycles. The SMILES string of the molecule is CCn1nc(C)c(Cl)c1CC(O)C1CCCCS1. The summed E-state index contributed by atoms with van der Waals surface area (Å²) in [6.45, 7) is 4.77. The molecule has 5 heteroatoms. The van der Waals surface area contributed by atoms with Gasteiger partial charge in [0.05, 0.1) is 22.5 Å².